The maximum atomic E-state index is 10.6. The molecule has 0 radical (unpaired) electrons. The molecule has 0 N–H and O–H groups in total. The molecule has 80 valence electrons. The highest BCUT2D eigenvalue weighted by Crippen LogP contribution is 2.25. The first-order valence-electron chi connectivity index (χ1n) is 4.57. The third-order valence-corrected chi connectivity index (χ3v) is 2.52. The van der Waals surface area contributed by atoms with E-state index < -0.39 is 12.3 Å². The van der Waals surface area contributed by atoms with Gasteiger partial charge in [-0.2, -0.15) is 4.91 Å². The van der Waals surface area contributed by atoms with Crippen LogP contribution in [0.4, 0.5) is 0 Å². The minimum absolute atomic E-state index is 0.0666. The van der Waals surface area contributed by atoms with Crippen LogP contribution in [0.1, 0.15) is 13.3 Å². The fraction of sp³-hybridized carbons (Fsp3) is 1.00. The second kappa shape index (κ2) is 4.56. The first kappa shape index (κ1) is 11.2. The van der Waals surface area contributed by atoms with Crippen molar-refractivity contribution in [1.29, 1.82) is 0 Å². The molecule has 0 amide bonds. The number of hydrogen-bond donors (Lipinski definition) is 0. The molecule has 0 aliphatic carbocycles. The molecule has 14 heavy (non-hydrogen) atoms. The highest BCUT2D eigenvalue weighted by Gasteiger charge is 2.40. The van der Waals surface area contributed by atoms with E-state index in [-0.39, 0.29) is 12.1 Å². The van der Waals surface area contributed by atoms with Crippen LogP contribution in [0.5, 0.6) is 0 Å². The smallest absolute Gasteiger partial charge is 0.217 e. The Balaban J connectivity index is 2.80. The Hall–Kier alpha value is -0.880. The van der Waals surface area contributed by atoms with E-state index in [1.54, 1.807) is 0 Å². The summed E-state index contributed by atoms with van der Waals surface area (Å²) in [6, 6.07) is -0.766. The van der Waals surface area contributed by atoms with Crippen molar-refractivity contribution in [2.75, 3.05) is 14.1 Å². The predicted octanol–water partition coefficient (Wildman–Crippen LogP) is 0.953. The summed E-state index contributed by atoms with van der Waals surface area (Å²) in [6.45, 7) is 1.86. The molecule has 4 unspecified atom stereocenters. The topological polar surface area (TPSA) is 71.3 Å². The summed E-state index contributed by atoms with van der Waals surface area (Å²) < 4.78 is 5.22. The second-order valence-corrected chi connectivity index (χ2v) is 3.81. The quantitative estimate of drug-likeness (QED) is 0.637. The van der Waals surface area contributed by atoms with Crippen LogP contribution in [-0.2, 0) is 4.74 Å². The molecule has 0 aromatic heterocycles. The van der Waals surface area contributed by atoms with Gasteiger partial charge in [-0.25, -0.2) is 0 Å². The maximum Gasteiger partial charge on any atom is 0.217 e. The van der Waals surface area contributed by atoms with Crippen LogP contribution in [0.15, 0.2) is 10.4 Å². The van der Waals surface area contributed by atoms with Crippen molar-refractivity contribution in [2.45, 2.75) is 37.8 Å². The summed E-state index contributed by atoms with van der Waals surface area (Å²) in [5, 5.41) is 5.72. The fourth-order valence-electron chi connectivity index (χ4n) is 1.77. The lowest BCUT2D eigenvalue weighted by Gasteiger charge is -2.37. The van der Waals surface area contributed by atoms with Gasteiger partial charge in [0.25, 0.3) is 0 Å². The summed E-state index contributed by atoms with van der Waals surface area (Å²) in [5.74, 6) is 0. The molecule has 0 aromatic rings. The van der Waals surface area contributed by atoms with Crippen molar-refractivity contribution in [2.24, 2.45) is 10.4 Å². The first-order chi connectivity index (χ1) is 6.60. The van der Waals surface area contributed by atoms with Gasteiger partial charge >= 0.3 is 0 Å². The van der Waals surface area contributed by atoms with Crippen LogP contribution >= 0.6 is 0 Å². The van der Waals surface area contributed by atoms with Crippen molar-refractivity contribution >= 4 is 0 Å². The van der Waals surface area contributed by atoms with Crippen molar-refractivity contribution in [3.05, 3.63) is 9.81 Å². The number of ether oxygens (including phenoxy) is 1. The summed E-state index contributed by atoms with van der Waals surface area (Å²) >= 11 is 0. The van der Waals surface area contributed by atoms with Gasteiger partial charge in [-0.15, -0.1) is 4.91 Å². The largest absolute Gasteiger partial charge is 0.348 e. The Labute approximate surface area is 82.6 Å². The lowest BCUT2D eigenvalue weighted by Crippen LogP contribution is -2.51. The number of rotatable bonds is 3. The van der Waals surface area contributed by atoms with Gasteiger partial charge in [-0.3, -0.25) is 0 Å². The number of likely N-dealkylation sites (N-methyl/N-ethyl adjacent to an activating group) is 1. The molecular formula is C8H15N3O3. The van der Waals surface area contributed by atoms with E-state index in [4.69, 9.17) is 4.74 Å². The van der Waals surface area contributed by atoms with Gasteiger partial charge < -0.3 is 9.64 Å². The molecule has 1 saturated heterocycles. The van der Waals surface area contributed by atoms with Crippen molar-refractivity contribution in [3.8, 4) is 0 Å². The van der Waals surface area contributed by atoms with E-state index in [1.165, 1.54) is 0 Å². The molecule has 1 fully saturated rings. The van der Waals surface area contributed by atoms with E-state index in [2.05, 4.69) is 10.4 Å². The van der Waals surface area contributed by atoms with Gasteiger partial charge in [0.2, 0.25) is 6.23 Å². The lowest BCUT2D eigenvalue weighted by molar-refractivity contribution is -0.0760. The third kappa shape index (κ3) is 2.13. The minimum atomic E-state index is -0.941. The van der Waals surface area contributed by atoms with Crippen molar-refractivity contribution in [1.82, 2.24) is 4.90 Å². The molecular weight excluding hydrogens is 186 g/mol. The molecule has 1 aliphatic rings. The minimum Gasteiger partial charge on any atom is -0.348 e. The Morgan fingerprint density at radius 1 is 1.29 bits per heavy atom. The van der Waals surface area contributed by atoms with Crippen LogP contribution in [0.25, 0.3) is 0 Å². The monoisotopic (exact) mass is 201 g/mol. The SMILES string of the molecule is CC1CC(N(C)C)C(N=O)C(N=O)O1. The highest BCUT2D eigenvalue weighted by atomic mass is 16.5. The molecule has 4 atom stereocenters. The Morgan fingerprint density at radius 3 is 2.36 bits per heavy atom. The number of nitrogens with zero attached hydrogens (tertiary/aromatic N) is 3. The zero-order valence-electron chi connectivity index (χ0n) is 8.58. The van der Waals surface area contributed by atoms with Crippen LogP contribution in [0.2, 0.25) is 0 Å². The first-order valence-corrected chi connectivity index (χ1v) is 4.57. The normalized spacial score (nSPS) is 38.3. The predicted molar refractivity (Wildman–Crippen MR) is 51.8 cm³/mol. The molecule has 0 bridgehead atoms. The van der Waals surface area contributed by atoms with E-state index in [0.29, 0.717) is 6.42 Å². The molecule has 1 aliphatic heterocycles. The number of nitroso groups, excluding NO2 is 2. The van der Waals surface area contributed by atoms with E-state index in [1.807, 2.05) is 25.9 Å². The Morgan fingerprint density at radius 2 is 1.93 bits per heavy atom. The maximum absolute atomic E-state index is 10.6. The van der Waals surface area contributed by atoms with Gasteiger partial charge in [0.1, 0.15) is 0 Å². The lowest BCUT2D eigenvalue weighted by atomic mass is 9.97. The average molecular weight is 201 g/mol. The van der Waals surface area contributed by atoms with Gasteiger partial charge in [0.15, 0.2) is 6.04 Å². The van der Waals surface area contributed by atoms with Gasteiger partial charge in [-0.1, -0.05) is 5.18 Å². The molecule has 0 spiro atoms. The molecule has 6 nitrogen and oxygen atoms in total. The van der Waals surface area contributed by atoms with E-state index >= 15 is 0 Å². The summed E-state index contributed by atoms with van der Waals surface area (Å²) in [7, 11) is 3.70. The van der Waals surface area contributed by atoms with Gasteiger partial charge in [0, 0.05) is 6.04 Å². The molecule has 0 saturated carbocycles. The fourth-order valence-corrected chi connectivity index (χ4v) is 1.77. The van der Waals surface area contributed by atoms with Crippen LogP contribution < -0.4 is 0 Å². The summed E-state index contributed by atoms with van der Waals surface area (Å²) in [6.07, 6.45) is -0.318. The van der Waals surface area contributed by atoms with Crippen molar-refractivity contribution in [3.63, 3.8) is 0 Å². The Kier molecular flexibility index (Phi) is 3.65. The third-order valence-electron chi connectivity index (χ3n) is 2.52. The molecule has 1 rings (SSSR count). The average Bonchev–Trinajstić information content (AvgIpc) is 2.16. The van der Waals surface area contributed by atoms with E-state index in [9.17, 15) is 9.81 Å². The zero-order valence-corrected chi connectivity index (χ0v) is 8.58. The molecule has 6 heteroatoms. The zero-order chi connectivity index (χ0) is 10.7. The Bertz CT molecular complexity index is 222. The van der Waals surface area contributed by atoms with Gasteiger partial charge in [0.05, 0.1) is 6.10 Å². The van der Waals surface area contributed by atoms with Crippen LogP contribution in [0, 0.1) is 9.81 Å². The van der Waals surface area contributed by atoms with E-state index in [0.717, 1.165) is 0 Å². The van der Waals surface area contributed by atoms with Crippen LogP contribution in [0.3, 0.4) is 0 Å². The van der Waals surface area contributed by atoms with Crippen LogP contribution in [-0.4, -0.2) is 43.4 Å². The standard InChI is InChI=1S/C8H15N3O3/c1-5-4-6(11(2)3)7(9-12)8(10-13)14-5/h5-8H,4H2,1-3H3. The molecule has 0 aromatic carbocycles. The summed E-state index contributed by atoms with van der Waals surface area (Å²) in [4.78, 5) is 22.9. The van der Waals surface area contributed by atoms with Gasteiger partial charge in [-0.05, 0) is 32.6 Å². The second-order valence-electron chi connectivity index (χ2n) is 3.81. The molecule has 1 heterocycles. The highest BCUT2D eigenvalue weighted by molar-refractivity contribution is 4.92. The summed E-state index contributed by atoms with van der Waals surface area (Å²) in [5.41, 5.74) is 0. The number of hydrogen-bond acceptors (Lipinski definition) is 6. The van der Waals surface area contributed by atoms with Crippen molar-refractivity contribution < 1.29 is 4.74 Å².